The van der Waals surface area contributed by atoms with Gasteiger partial charge >= 0.3 is 5.97 Å². The predicted octanol–water partition coefficient (Wildman–Crippen LogP) is 4.06. The number of ether oxygens (including phenoxy) is 1. The summed E-state index contributed by atoms with van der Waals surface area (Å²) in [7, 11) is 5.45. The van der Waals surface area contributed by atoms with Gasteiger partial charge in [-0.15, -0.1) is 0 Å². The Hall–Kier alpha value is -3.94. The third kappa shape index (κ3) is 5.77. The van der Waals surface area contributed by atoms with Gasteiger partial charge in [0.1, 0.15) is 0 Å². The molecule has 3 aromatic rings. The van der Waals surface area contributed by atoms with Crippen molar-refractivity contribution in [2.24, 2.45) is 0 Å². The summed E-state index contributed by atoms with van der Waals surface area (Å²) in [5.74, 6) is -0.674. The molecule has 35 heavy (non-hydrogen) atoms. The summed E-state index contributed by atoms with van der Waals surface area (Å²) in [6.07, 6.45) is 0. The quantitative estimate of drug-likeness (QED) is 0.249. The summed E-state index contributed by atoms with van der Waals surface area (Å²) in [6, 6.07) is 23.0. The molecule has 4 rings (SSSR count). The van der Waals surface area contributed by atoms with Crippen LogP contribution >= 0.6 is 0 Å². The first kappa shape index (κ1) is 24.2. The van der Waals surface area contributed by atoms with Crippen molar-refractivity contribution in [2.45, 2.75) is 6.54 Å². The van der Waals surface area contributed by atoms with Crippen LogP contribution in [0, 0.1) is 0 Å². The van der Waals surface area contributed by atoms with E-state index in [0.717, 1.165) is 36.4 Å². The van der Waals surface area contributed by atoms with E-state index in [-0.39, 0.29) is 5.91 Å². The minimum Gasteiger partial charge on any atom is -0.465 e. The van der Waals surface area contributed by atoms with Gasteiger partial charge in [-0.1, -0.05) is 48.5 Å². The second kappa shape index (κ2) is 11.0. The Bertz CT molecular complexity index is 1230. The number of hydrogen-bond acceptors (Lipinski definition) is 6. The smallest absolute Gasteiger partial charge is 0.337 e. The van der Waals surface area contributed by atoms with Gasteiger partial charge < -0.3 is 25.6 Å². The van der Waals surface area contributed by atoms with Crippen LogP contribution in [0.3, 0.4) is 0 Å². The highest BCUT2D eigenvalue weighted by atomic mass is 16.5. The summed E-state index contributed by atoms with van der Waals surface area (Å²) >= 11 is 0. The Kier molecular flexibility index (Phi) is 7.60. The number of rotatable bonds is 9. The van der Waals surface area contributed by atoms with Gasteiger partial charge in [0.25, 0.3) is 5.91 Å². The van der Waals surface area contributed by atoms with Crippen LogP contribution in [0.1, 0.15) is 27.0 Å². The molecule has 1 heterocycles. The highest BCUT2D eigenvalue weighted by Crippen LogP contribution is 2.38. The summed E-state index contributed by atoms with van der Waals surface area (Å²) in [6.45, 7) is 2.70. The molecule has 7 nitrogen and oxygen atoms in total. The number of fused-ring (bicyclic) bond motifs is 1. The number of amides is 1. The first-order valence-electron chi connectivity index (χ1n) is 11.5. The number of benzene rings is 3. The second-order valence-corrected chi connectivity index (χ2v) is 8.62. The maximum Gasteiger partial charge on any atom is 0.337 e. The molecule has 1 amide bonds. The number of hydrogen-bond donors (Lipinski definition) is 3. The number of nitrogens with zero attached hydrogens (tertiary/aromatic N) is 1. The minimum absolute atomic E-state index is 0.227. The van der Waals surface area contributed by atoms with E-state index in [1.807, 2.05) is 42.5 Å². The van der Waals surface area contributed by atoms with Crippen molar-refractivity contribution in [1.82, 2.24) is 10.2 Å². The summed E-state index contributed by atoms with van der Waals surface area (Å²) in [5.41, 5.74) is 5.87. The minimum atomic E-state index is -0.447. The molecule has 7 heteroatoms. The molecule has 180 valence electrons. The van der Waals surface area contributed by atoms with Gasteiger partial charge in [0.15, 0.2) is 0 Å². The van der Waals surface area contributed by atoms with Crippen molar-refractivity contribution in [3.05, 3.63) is 95.1 Å². The number of methoxy groups -OCH3 is 1. The van der Waals surface area contributed by atoms with E-state index < -0.39 is 5.97 Å². The number of anilines is 2. The highest BCUT2D eigenvalue weighted by Gasteiger charge is 2.29. The molecule has 1 aliphatic heterocycles. The topological polar surface area (TPSA) is 82.7 Å². The van der Waals surface area contributed by atoms with Crippen LogP contribution in [0.15, 0.2) is 72.8 Å². The number of likely N-dealkylation sites (N-methyl/N-ethyl adjacent to an activating group) is 1. The third-order valence-electron chi connectivity index (χ3n) is 5.79. The molecule has 0 bridgehead atoms. The zero-order valence-corrected chi connectivity index (χ0v) is 20.2. The van der Waals surface area contributed by atoms with Gasteiger partial charge in [0, 0.05) is 30.9 Å². The Morgan fingerprint density at radius 3 is 2.40 bits per heavy atom. The molecule has 0 unspecified atom stereocenters. The van der Waals surface area contributed by atoms with Crippen molar-refractivity contribution in [3.8, 4) is 0 Å². The van der Waals surface area contributed by atoms with E-state index in [2.05, 4.69) is 47.1 Å². The summed E-state index contributed by atoms with van der Waals surface area (Å²) in [5, 5.41) is 9.80. The van der Waals surface area contributed by atoms with Crippen molar-refractivity contribution in [1.29, 1.82) is 0 Å². The molecule has 0 saturated carbocycles. The average molecular weight is 471 g/mol. The van der Waals surface area contributed by atoms with Gasteiger partial charge in [-0.25, -0.2) is 4.79 Å². The standard InChI is InChI=1S/C28H30N4O3/c1-32(2)16-15-29-18-19-9-12-22(13-10-19)30-26(20-7-5-4-6-8-20)25-23-14-11-21(28(34)35-3)17-24(23)31-27(25)33/h4-14,17,29-30H,15-16,18H2,1-3H3,(H,31,33)/b26-25-. The highest BCUT2D eigenvalue weighted by molar-refractivity contribution is 6.37. The van der Waals surface area contributed by atoms with E-state index in [1.165, 1.54) is 12.7 Å². The van der Waals surface area contributed by atoms with E-state index in [4.69, 9.17) is 4.74 Å². The average Bonchev–Trinajstić information content (AvgIpc) is 3.20. The summed E-state index contributed by atoms with van der Waals surface area (Å²) < 4.78 is 4.81. The molecule has 0 aromatic heterocycles. The first-order chi connectivity index (χ1) is 17.0. The van der Waals surface area contributed by atoms with E-state index in [1.54, 1.807) is 18.2 Å². The summed E-state index contributed by atoms with van der Waals surface area (Å²) in [4.78, 5) is 27.2. The fourth-order valence-electron chi connectivity index (χ4n) is 3.94. The monoisotopic (exact) mass is 470 g/mol. The number of nitrogens with one attached hydrogen (secondary N) is 3. The second-order valence-electron chi connectivity index (χ2n) is 8.62. The maximum atomic E-state index is 13.1. The number of esters is 1. The molecule has 0 atom stereocenters. The van der Waals surface area contributed by atoms with Crippen molar-refractivity contribution < 1.29 is 14.3 Å². The zero-order chi connectivity index (χ0) is 24.8. The van der Waals surface area contributed by atoms with E-state index in [9.17, 15) is 9.59 Å². The fourth-order valence-corrected chi connectivity index (χ4v) is 3.94. The number of carbonyl (C=O) groups is 2. The van der Waals surface area contributed by atoms with Crippen molar-refractivity contribution in [3.63, 3.8) is 0 Å². The van der Waals surface area contributed by atoms with E-state index in [0.29, 0.717) is 22.5 Å². The van der Waals surface area contributed by atoms with Gasteiger partial charge in [0.05, 0.1) is 29.6 Å². The molecular weight excluding hydrogens is 440 g/mol. The van der Waals surface area contributed by atoms with Crippen LogP contribution in [-0.2, 0) is 16.1 Å². The molecule has 0 aliphatic carbocycles. The van der Waals surface area contributed by atoms with Crippen molar-refractivity contribution in [2.75, 3.05) is 44.9 Å². The normalized spacial score (nSPS) is 13.9. The van der Waals surface area contributed by atoms with Gasteiger partial charge in [-0.3, -0.25) is 4.79 Å². The Balaban J connectivity index is 1.64. The molecule has 0 spiro atoms. The molecule has 3 aromatic carbocycles. The van der Waals surface area contributed by atoms with Gasteiger partial charge in [-0.05, 0) is 49.5 Å². The van der Waals surface area contributed by atoms with Gasteiger partial charge in [-0.2, -0.15) is 0 Å². The van der Waals surface area contributed by atoms with Crippen LogP contribution in [0.5, 0.6) is 0 Å². The maximum absolute atomic E-state index is 13.1. The lowest BCUT2D eigenvalue weighted by molar-refractivity contribution is -0.110. The number of carbonyl (C=O) groups excluding carboxylic acids is 2. The first-order valence-corrected chi connectivity index (χ1v) is 11.5. The van der Waals surface area contributed by atoms with Crippen LogP contribution < -0.4 is 16.0 Å². The molecule has 1 aliphatic rings. The third-order valence-corrected chi connectivity index (χ3v) is 5.79. The van der Waals surface area contributed by atoms with Crippen LogP contribution in [0.25, 0.3) is 11.3 Å². The molecule has 3 N–H and O–H groups in total. The predicted molar refractivity (Wildman–Crippen MR) is 140 cm³/mol. The zero-order valence-electron chi connectivity index (χ0n) is 20.2. The van der Waals surface area contributed by atoms with Crippen LogP contribution in [0.4, 0.5) is 11.4 Å². The molecule has 0 fully saturated rings. The Labute approximate surface area is 205 Å². The lowest BCUT2D eigenvalue weighted by atomic mass is 9.99. The van der Waals surface area contributed by atoms with Crippen LogP contribution in [-0.4, -0.2) is 51.1 Å². The van der Waals surface area contributed by atoms with Crippen molar-refractivity contribution >= 4 is 34.5 Å². The largest absolute Gasteiger partial charge is 0.465 e. The Morgan fingerprint density at radius 1 is 0.971 bits per heavy atom. The lowest BCUT2D eigenvalue weighted by Crippen LogP contribution is -2.26. The van der Waals surface area contributed by atoms with Crippen LogP contribution in [0.2, 0.25) is 0 Å². The molecule has 0 saturated heterocycles. The fraction of sp³-hybridized carbons (Fsp3) is 0.214. The van der Waals surface area contributed by atoms with E-state index >= 15 is 0 Å². The molecule has 0 radical (unpaired) electrons. The SMILES string of the molecule is COC(=O)c1ccc2c(c1)NC(=O)/C2=C(\Nc1ccc(CNCCN(C)C)cc1)c1ccccc1. The molecular formula is C28H30N4O3. The van der Waals surface area contributed by atoms with Gasteiger partial charge in [0.2, 0.25) is 0 Å². The Morgan fingerprint density at radius 2 is 1.71 bits per heavy atom. The lowest BCUT2D eigenvalue weighted by Gasteiger charge is -2.15.